The average molecular weight is 475 g/mol. The maximum atomic E-state index is 13.4. The third kappa shape index (κ3) is 5.00. The maximum absolute atomic E-state index is 13.4. The van der Waals surface area contributed by atoms with E-state index in [-0.39, 0.29) is 5.69 Å². The van der Waals surface area contributed by atoms with Gasteiger partial charge in [-0.25, -0.2) is 9.78 Å². The Bertz CT molecular complexity index is 1340. The Morgan fingerprint density at radius 3 is 2.26 bits per heavy atom. The number of ether oxygens (including phenoxy) is 1. The molecule has 3 aromatic carbocycles. The number of aromatic nitrogens is 1. The molecule has 0 fully saturated rings. The molecule has 1 unspecified atom stereocenters. The molecule has 0 aliphatic heterocycles. The Kier molecular flexibility index (Phi) is 6.50. The smallest absolute Gasteiger partial charge is 0.356 e. The zero-order valence-electron chi connectivity index (χ0n) is 19.2. The normalized spacial score (nSPS) is 13.4. The van der Waals surface area contributed by atoms with Crippen LogP contribution in [0.25, 0.3) is 21.2 Å². The Labute approximate surface area is 202 Å². The van der Waals surface area contributed by atoms with Crippen molar-refractivity contribution in [3.05, 3.63) is 89.1 Å². The number of thiazole rings is 1. The fourth-order valence-electron chi connectivity index (χ4n) is 3.77. The van der Waals surface area contributed by atoms with Gasteiger partial charge in [-0.2, -0.15) is 0 Å². The van der Waals surface area contributed by atoms with Crippen LogP contribution < -0.4 is 5.73 Å². The number of esters is 1. The number of benzene rings is 3. The number of nitrogens with zero attached hydrogens (tertiary/aromatic N) is 1. The predicted molar refractivity (Wildman–Crippen MR) is 134 cm³/mol. The molecule has 0 spiro atoms. The van der Waals surface area contributed by atoms with E-state index in [0.29, 0.717) is 15.4 Å². The third-order valence-corrected chi connectivity index (χ3v) is 6.51. The zero-order valence-corrected chi connectivity index (χ0v) is 20.0. The Balaban J connectivity index is 1.83. The summed E-state index contributed by atoms with van der Waals surface area (Å²) in [5, 5.41) is 12.2. The minimum atomic E-state index is -1.16. The first-order valence-corrected chi connectivity index (χ1v) is 11.7. The molecule has 0 aliphatic rings. The van der Waals surface area contributed by atoms with E-state index in [2.05, 4.69) is 4.98 Å². The lowest BCUT2D eigenvalue weighted by atomic mass is 9.92. The van der Waals surface area contributed by atoms with E-state index in [1.807, 2.05) is 72.8 Å². The van der Waals surface area contributed by atoms with Gasteiger partial charge >= 0.3 is 11.9 Å². The molecule has 0 bridgehead atoms. The minimum absolute atomic E-state index is 0.106. The highest BCUT2D eigenvalue weighted by Gasteiger charge is 2.36. The first kappa shape index (κ1) is 23.6. The highest BCUT2D eigenvalue weighted by atomic mass is 32.1. The van der Waals surface area contributed by atoms with Gasteiger partial charge in [0, 0.05) is 6.04 Å². The van der Waals surface area contributed by atoms with Crippen LogP contribution >= 0.6 is 11.3 Å². The SMILES string of the molecule is CC(C)(C)OC(=O)[C@H](c1nc(C(=O)O)c(-c2ccccc2)s1)C(N)c1ccc2ccccc2c1. The lowest BCUT2D eigenvalue weighted by Gasteiger charge is -2.26. The number of aromatic carboxylic acids is 1. The second-order valence-electron chi connectivity index (χ2n) is 9.04. The molecule has 4 rings (SSSR count). The lowest BCUT2D eigenvalue weighted by molar-refractivity contribution is -0.157. The summed E-state index contributed by atoms with van der Waals surface area (Å²) in [4.78, 5) is 30.3. The molecule has 0 saturated carbocycles. The van der Waals surface area contributed by atoms with Gasteiger partial charge in [-0.3, -0.25) is 4.79 Å². The Hall–Kier alpha value is -3.55. The monoisotopic (exact) mass is 474 g/mol. The Morgan fingerprint density at radius 2 is 1.62 bits per heavy atom. The molecule has 1 aromatic heterocycles. The summed E-state index contributed by atoms with van der Waals surface area (Å²) in [5.41, 5.74) is 7.28. The second kappa shape index (κ2) is 9.37. The number of hydrogen-bond donors (Lipinski definition) is 2. The summed E-state index contributed by atoms with van der Waals surface area (Å²) in [7, 11) is 0. The fourth-order valence-corrected chi connectivity index (χ4v) is 4.97. The maximum Gasteiger partial charge on any atom is 0.356 e. The van der Waals surface area contributed by atoms with Crippen LogP contribution in [0.15, 0.2) is 72.8 Å². The van der Waals surface area contributed by atoms with Crippen LogP contribution in [0.5, 0.6) is 0 Å². The fraction of sp³-hybridized carbons (Fsp3) is 0.222. The van der Waals surface area contributed by atoms with Crippen LogP contribution in [0.3, 0.4) is 0 Å². The van der Waals surface area contributed by atoms with Gasteiger partial charge in [-0.05, 0) is 48.7 Å². The largest absolute Gasteiger partial charge is 0.476 e. The van der Waals surface area contributed by atoms with Crippen molar-refractivity contribution in [2.75, 3.05) is 0 Å². The van der Waals surface area contributed by atoms with Gasteiger partial charge in [0.25, 0.3) is 0 Å². The van der Waals surface area contributed by atoms with Crippen molar-refractivity contribution < 1.29 is 19.4 Å². The molecular weight excluding hydrogens is 448 g/mol. The molecule has 0 saturated heterocycles. The van der Waals surface area contributed by atoms with E-state index >= 15 is 0 Å². The first-order chi connectivity index (χ1) is 16.1. The van der Waals surface area contributed by atoms with Crippen molar-refractivity contribution in [1.29, 1.82) is 0 Å². The van der Waals surface area contributed by atoms with Crippen molar-refractivity contribution in [3.63, 3.8) is 0 Å². The van der Waals surface area contributed by atoms with Crippen LogP contribution in [-0.4, -0.2) is 27.6 Å². The van der Waals surface area contributed by atoms with Crippen LogP contribution in [0, 0.1) is 0 Å². The summed E-state index contributed by atoms with van der Waals surface area (Å²) in [6, 6.07) is 22.0. The van der Waals surface area contributed by atoms with Crippen molar-refractivity contribution in [2.45, 2.75) is 38.3 Å². The molecule has 1 heterocycles. The average Bonchev–Trinajstić information content (AvgIpc) is 3.23. The van der Waals surface area contributed by atoms with Crippen LogP contribution in [-0.2, 0) is 9.53 Å². The molecular formula is C27H26N2O4S. The zero-order chi connectivity index (χ0) is 24.5. The number of hydrogen-bond acceptors (Lipinski definition) is 6. The first-order valence-electron chi connectivity index (χ1n) is 10.9. The van der Waals surface area contributed by atoms with Gasteiger partial charge in [-0.15, -0.1) is 11.3 Å². The molecule has 6 nitrogen and oxygen atoms in total. The molecule has 7 heteroatoms. The number of rotatable bonds is 6. The highest BCUT2D eigenvalue weighted by molar-refractivity contribution is 7.15. The van der Waals surface area contributed by atoms with Gasteiger partial charge in [0.15, 0.2) is 5.69 Å². The molecule has 4 aromatic rings. The highest BCUT2D eigenvalue weighted by Crippen LogP contribution is 2.39. The van der Waals surface area contributed by atoms with E-state index in [9.17, 15) is 14.7 Å². The number of carbonyl (C=O) groups is 2. The topological polar surface area (TPSA) is 103 Å². The van der Waals surface area contributed by atoms with Crippen LogP contribution in [0.1, 0.15) is 53.8 Å². The molecule has 0 amide bonds. The van der Waals surface area contributed by atoms with Gasteiger partial charge in [0.05, 0.1) is 4.88 Å². The van der Waals surface area contributed by atoms with Crippen molar-refractivity contribution >= 4 is 34.0 Å². The van der Waals surface area contributed by atoms with Crippen LogP contribution in [0.2, 0.25) is 0 Å². The van der Waals surface area contributed by atoms with E-state index in [4.69, 9.17) is 10.5 Å². The van der Waals surface area contributed by atoms with E-state index in [1.165, 1.54) is 0 Å². The number of carbonyl (C=O) groups excluding carboxylic acids is 1. The number of carboxylic acid groups (broad SMARTS) is 1. The summed E-state index contributed by atoms with van der Waals surface area (Å²) in [6.45, 7) is 5.34. The molecule has 174 valence electrons. The number of nitrogens with two attached hydrogens (primary N) is 1. The predicted octanol–water partition coefficient (Wildman–Crippen LogP) is 5.79. The molecule has 34 heavy (non-hydrogen) atoms. The van der Waals surface area contributed by atoms with Crippen molar-refractivity contribution in [3.8, 4) is 10.4 Å². The summed E-state index contributed by atoms with van der Waals surface area (Å²) >= 11 is 1.16. The van der Waals surface area contributed by atoms with Crippen molar-refractivity contribution in [1.82, 2.24) is 4.98 Å². The van der Waals surface area contributed by atoms with Gasteiger partial charge in [-0.1, -0.05) is 66.7 Å². The summed E-state index contributed by atoms with van der Waals surface area (Å²) < 4.78 is 5.70. The van der Waals surface area contributed by atoms with E-state index < -0.39 is 29.5 Å². The van der Waals surface area contributed by atoms with Gasteiger partial charge in [0.2, 0.25) is 0 Å². The molecule has 0 aliphatic carbocycles. The van der Waals surface area contributed by atoms with Gasteiger partial charge < -0.3 is 15.6 Å². The van der Waals surface area contributed by atoms with Crippen molar-refractivity contribution in [2.24, 2.45) is 5.73 Å². The van der Waals surface area contributed by atoms with Gasteiger partial charge in [0.1, 0.15) is 16.5 Å². The minimum Gasteiger partial charge on any atom is -0.476 e. The molecule has 3 N–H and O–H groups in total. The van der Waals surface area contributed by atoms with E-state index in [0.717, 1.165) is 27.7 Å². The standard InChI is InChI=1S/C27H26N2O4S/c1-27(2,3)33-26(32)20(21(28)19-14-13-16-9-7-8-12-18(16)15-19)24-29-22(25(30)31)23(34-24)17-10-5-4-6-11-17/h4-15,20-21H,28H2,1-3H3,(H,30,31)/t20-,21?/m0/s1. The Morgan fingerprint density at radius 1 is 0.971 bits per heavy atom. The van der Waals surface area contributed by atoms with E-state index in [1.54, 1.807) is 20.8 Å². The lowest BCUT2D eigenvalue weighted by Crippen LogP contribution is -2.33. The second-order valence-corrected chi connectivity index (χ2v) is 10.1. The quantitative estimate of drug-likeness (QED) is 0.343. The summed E-state index contributed by atoms with van der Waals surface area (Å²) in [6.07, 6.45) is 0. The summed E-state index contributed by atoms with van der Waals surface area (Å²) in [5.74, 6) is -2.68. The number of carboxylic acids is 1. The number of fused-ring (bicyclic) bond motifs is 1. The third-order valence-electron chi connectivity index (χ3n) is 5.33. The van der Waals surface area contributed by atoms with Crippen LogP contribution in [0.4, 0.5) is 0 Å². The molecule has 2 atom stereocenters. The molecule has 0 radical (unpaired) electrons.